The molecule has 0 saturated heterocycles. The number of rotatable bonds is 6. The molecule has 0 aliphatic heterocycles. The number of sulfonamides is 1. The molecule has 0 bridgehead atoms. The predicted octanol–water partition coefficient (Wildman–Crippen LogP) is 3.84. The van der Waals surface area contributed by atoms with Gasteiger partial charge in [-0.2, -0.15) is 0 Å². The highest BCUT2D eigenvalue weighted by molar-refractivity contribution is 7.92. The molecule has 0 atom stereocenters. The van der Waals surface area contributed by atoms with Gasteiger partial charge < -0.3 is 5.32 Å². The summed E-state index contributed by atoms with van der Waals surface area (Å²) in [4.78, 5) is 16.6. The molecule has 0 radical (unpaired) electrons. The largest absolute Gasteiger partial charge is 0.346 e. The predicted molar refractivity (Wildman–Crippen MR) is 107 cm³/mol. The average molecular weight is 422 g/mol. The Morgan fingerprint density at radius 3 is 2.67 bits per heavy atom. The van der Waals surface area contributed by atoms with Crippen LogP contribution < -0.4 is 10.0 Å². The number of aromatic nitrogens is 1. The Labute approximate surface area is 166 Å². The lowest BCUT2D eigenvalue weighted by Gasteiger charge is -2.10. The van der Waals surface area contributed by atoms with Gasteiger partial charge in [-0.3, -0.25) is 9.52 Å². The maximum absolute atomic E-state index is 12.6. The van der Waals surface area contributed by atoms with E-state index in [-0.39, 0.29) is 22.9 Å². The van der Waals surface area contributed by atoms with Crippen molar-refractivity contribution in [3.05, 3.63) is 75.2 Å². The fraction of sp³-hybridized carbons (Fsp3) is 0.111. The Hall–Kier alpha value is -2.42. The third-order valence-electron chi connectivity index (χ3n) is 3.58. The normalized spacial score (nSPS) is 11.2. The van der Waals surface area contributed by atoms with Gasteiger partial charge in [-0.15, -0.1) is 11.3 Å². The molecule has 27 heavy (non-hydrogen) atoms. The molecule has 0 aliphatic carbocycles. The van der Waals surface area contributed by atoms with Gasteiger partial charge in [0.25, 0.3) is 15.9 Å². The minimum atomic E-state index is -3.85. The van der Waals surface area contributed by atoms with Crippen LogP contribution in [0.1, 0.15) is 21.1 Å². The molecule has 140 valence electrons. The van der Waals surface area contributed by atoms with Crippen molar-refractivity contribution >= 4 is 44.6 Å². The van der Waals surface area contributed by atoms with Gasteiger partial charge >= 0.3 is 0 Å². The van der Waals surface area contributed by atoms with Crippen LogP contribution in [0.2, 0.25) is 5.02 Å². The van der Waals surface area contributed by atoms with Crippen LogP contribution in [0.3, 0.4) is 0 Å². The highest BCUT2D eigenvalue weighted by Crippen LogP contribution is 2.20. The van der Waals surface area contributed by atoms with Crippen LogP contribution in [0.15, 0.2) is 58.8 Å². The second-order valence-corrected chi connectivity index (χ2v) is 8.87. The van der Waals surface area contributed by atoms with Crippen molar-refractivity contribution in [1.82, 2.24) is 10.3 Å². The van der Waals surface area contributed by atoms with E-state index in [0.717, 1.165) is 10.7 Å². The van der Waals surface area contributed by atoms with Crippen molar-refractivity contribution in [3.8, 4) is 0 Å². The highest BCUT2D eigenvalue weighted by Gasteiger charge is 2.17. The molecule has 3 rings (SSSR count). The lowest BCUT2D eigenvalue weighted by Crippen LogP contribution is -2.23. The Kier molecular flexibility index (Phi) is 5.79. The van der Waals surface area contributed by atoms with E-state index in [1.54, 1.807) is 24.3 Å². The summed E-state index contributed by atoms with van der Waals surface area (Å²) in [5.41, 5.74) is 1.35. The first kappa shape index (κ1) is 19.3. The smallest absolute Gasteiger partial charge is 0.261 e. The van der Waals surface area contributed by atoms with E-state index in [9.17, 15) is 13.2 Å². The Bertz CT molecular complexity index is 1080. The summed E-state index contributed by atoms with van der Waals surface area (Å²) in [5, 5.41) is 5.94. The summed E-state index contributed by atoms with van der Waals surface area (Å²) < 4.78 is 27.6. The number of benzene rings is 2. The summed E-state index contributed by atoms with van der Waals surface area (Å²) >= 11 is 7.38. The minimum Gasteiger partial charge on any atom is -0.346 e. The van der Waals surface area contributed by atoms with Crippen molar-refractivity contribution < 1.29 is 13.2 Å². The summed E-state index contributed by atoms with van der Waals surface area (Å²) in [6.45, 7) is 2.16. The lowest BCUT2D eigenvalue weighted by molar-refractivity contribution is 0.0950. The van der Waals surface area contributed by atoms with Crippen LogP contribution in [0.5, 0.6) is 0 Å². The molecule has 2 aromatic carbocycles. The van der Waals surface area contributed by atoms with E-state index in [2.05, 4.69) is 15.0 Å². The molecular weight excluding hydrogens is 406 g/mol. The Morgan fingerprint density at radius 2 is 1.96 bits per heavy atom. The van der Waals surface area contributed by atoms with Crippen molar-refractivity contribution in [3.63, 3.8) is 0 Å². The van der Waals surface area contributed by atoms with Crippen LogP contribution in [-0.4, -0.2) is 19.3 Å². The molecule has 0 aliphatic rings. The van der Waals surface area contributed by atoms with Crippen LogP contribution in [0.25, 0.3) is 0 Å². The van der Waals surface area contributed by atoms with Crippen molar-refractivity contribution in [2.75, 3.05) is 4.72 Å². The molecule has 2 N–H and O–H groups in total. The number of thiazole rings is 1. The number of hydrogen-bond donors (Lipinski definition) is 2. The van der Waals surface area contributed by atoms with Gasteiger partial charge in [0.1, 0.15) is 0 Å². The van der Waals surface area contributed by atoms with Gasteiger partial charge in [-0.25, -0.2) is 13.4 Å². The maximum atomic E-state index is 12.6. The SMILES string of the molecule is Cc1nc(CNC(=O)c2cccc(S(=O)(=O)Nc3cccc(Cl)c3)c2)cs1. The van der Waals surface area contributed by atoms with Gasteiger partial charge in [0.2, 0.25) is 0 Å². The first-order valence-electron chi connectivity index (χ1n) is 7.91. The molecule has 0 saturated carbocycles. The number of nitrogens with one attached hydrogen (secondary N) is 2. The molecule has 0 fully saturated rings. The average Bonchev–Trinajstić information content (AvgIpc) is 3.05. The van der Waals surface area contributed by atoms with Gasteiger partial charge in [-0.05, 0) is 43.3 Å². The molecule has 9 heteroatoms. The number of aryl methyl sites for hydroxylation is 1. The highest BCUT2D eigenvalue weighted by atomic mass is 35.5. The number of hydrogen-bond acceptors (Lipinski definition) is 5. The molecule has 1 heterocycles. The first-order chi connectivity index (χ1) is 12.8. The fourth-order valence-corrected chi connectivity index (χ4v) is 4.23. The topological polar surface area (TPSA) is 88.2 Å². The summed E-state index contributed by atoms with van der Waals surface area (Å²) in [7, 11) is -3.85. The summed E-state index contributed by atoms with van der Waals surface area (Å²) in [6.07, 6.45) is 0. The number of anilines is 1. The van der Waals surface area contributed by atoms with E-state index in [1.165, 1.54) is 35.6 Å². The second kappa shape index (κ2) is 8.08. The van der Waals surface area contributed by atoms with Crippen LogP contribution in [0.4, 0.5) is 5.69 Å². The van der Waals surface area contributed by atoms with E-state index in [4.69, 9.17) is 11.6 Å². The third kappa shape index (κ3) is 5.06. The number of nitrogens with zero attached hydrogens (tertiary/aromatic N) is 1. The number of carbonyl (C=O) groups excluding carboxylic acids is 1. The van der Waals surface area contributed by atoms with Crippen molar-refractivity contribution in [2.45, 2.75) is 18.4 Å². The molecule has 0 spiro atoms. The maximum Gasteiger partial charge on any atom is 0.261 e. The monoisotopic (exact) mass is 421 g/mol. The van der Waals surface area contributed by atoms with Crippen LogP contribution in [-0.2, 0) is 16.6 Å². The van der Waals surface area contributed by atoms with E-state index >= 15 is 0 Å². The van der Waals surface area contributed by atoms with Gasteiger partial charge in [0, 0.05) is 16.0 Å². The van der Waals surface area contributed by atoms with Crippen LogP contribution in [0, 0.1) is 6.92 Å². The zero-order valence-electron chi connectivity index (χ0n) is 14.3. The number of amides is 1. The van der Waals surface area contributed by atoms with E-state index in [1.807, 2.05) is 12.3 Å². The molecule has 3 aromatic rings. The van der Waals surface area contributed by atoms with Gasteiger partial charge in [0.15, 0.2) is 0 Å². The quantitative estimate of drug-likeness (QED) is 0.633. The standard InChI is InChI=1S/C18H16ClN3O3S2/c1-12-21-16(11-26-12)10-20-18(23)13-4-2-7-17(8-13)27(24,25)22-15-6-3-5-14(19)9-15/h2-9,11,22H,10H2,1H3,(H,20,23). The van der Waals surface area contributed by atoms with Crippen molar-refractivity contribution in [1.29, 1.82) is 0 Å². The molecular formula is C18H16ClN3O3S2. The first-order valence-corrected chi connectivity index (χ1v) is 10.7. The van der Waals surface area contributed by atoms with Crippen LogP contribution >= 0.6 is 22.9 Å². The zero-order valence-corrected chi connectivity index (χ0v) is 16.7. The Morgan fingerprint density at radius 1 is 1.19 bits per heavy atom. The lowest BCUT2D eigenvalue weighted by atomic mass is 10.2. The number of halogens is 1. The summed E-state index contributed by atoms with van der Waals surface area (Å²) in [6, 6.07) is 12.2. The second-order valence-electron chi connectivity index (χ2n) is 5.68. The van der Waals surface area contributed by atoms with E-state index < -0.39 is 10.0 Å². The third-order valence-corrected chi connectivity index (χ3v) is 6.02. The zero-order chi connectivity index (χ0) is 19.4. The molecule has 1 aromatic heterocycles. The summed E-state index contributed by atoms with van der Waals surface area (Å²) in [5.74, 6) is -0.375. The minimum absolute atomic E-state index is 0.0142. The number of carbonyl (C=O) groups is 1. The molecule has 1 amide bonds. The fourth-order valence-electron chi connectivity index (χ4n) is 2.33. The Balaban J connectivity index is 1.74. The van der Waals surface area contributed by atoms with Gasteiger partial charge in [-0.1, -0.05) is 23.7 Å². The van der Waals surface area contributed by atoms with E-state index in [0.29, 0.717) is 10.7 Å². The van der Waals surface area contributed by atoms with Crippen molar-refractivity contribution in [2.24, 2.45) is 0 Å². The van der Waals surface area contributed by atoms with Gasteiger partial charge in [0.05, 0.1) is 27.8 Å². The molecule has 0 unspecified atom stereocenters. The molecule has 6 nitrogen and oxygen atoms in total.